The van der Waals surface area contributed by atoms with Crippen LogP contribution in [0.3, 0.4) is 0 Å². The van der Waals surface area contributed by atoms with E-state index in [1.165, 1.54) is 24.9 Å². The van der Waals surface area contributed by atoms with Crippen molar-refractivity contribution in [1.29, 1.82) is 0 Å². The molecule has 3 rings (SSSR count). The van der Waals surface area contributed by atoms with Crippen molar-refractivity contribution >= 4 is 11.5 Å². The zero-order chi connectivity index (χ0) is 10.5. The van der Waals surface area contributed by atoms with E-state index in [-0.39, 0.29) is 0 Å². The lowest BCUT2D eigenvalue weighted by Crippen LogP contribution is -2.41. The molecule has 2 aliphatic rings. The molecule has 4 heteroatoms. The number of nitrogens with zero attached hydrogens (tertiary/aromatic N) is 2. The van der Waals surface area contributed by atoms with Crippen molar-refractivity contribution in [3.05, 3.63) is 5.69 Å². The molecular weight excluding hydrogens is 188 g/mol. The topological polar surface area (TPSA) is 41.9 Å². The summed E-state index contributed by atoms with van der Waals surface area (Å²) in [5, 5.41) is 11.5. The van der Waals surface area contributed by atoms with Crippen LogP contribution in [0.5, 0.6) is 0 Å². The first-order chi connectivity index (χ1) is 7.20. The van der Waals surface area contributed by atoms with Crippen LogP contribution in [-0.2, 0) is 7.05 Å². The van der Waals surface area contributed by atoms with E-state index in [1.54, 1.807) is 0 Å². The van der Waals surface area contributed by atoms with Gasteiger partial charge in [0.1, 0.15) is 11.5 Å². The highest BCUT2D eigenvalue weighted by Crippen LogP contribution is 2.43. The fraction of sp³-hybridized carbons (Fsp3) is 0.727. The van der Waals surface area contributed by atoms with Crippen molar-refractivity contribution in [3.63, 3.8) is 0 Å². The van der Waals surface area contributed by atoms with Crippen molar-refractivity contribution in [1.82, 2.24) is 9.78 Å². The maximum atomic E-state index is 4.42. The van der Waals surface area contributed by atoms with E-state index < -0.39 is 0 Å². The van der Waals surface area contributed by atoms with E-state index in [0.29, 0.717) is 5.41 Å². The summed E-state index contributed by atoms with van der Waals surface area (Å²) in [6.45, 7) is 4.25. The lowest BCUT2D eigenvalue weighted by Gasteiger charge is -2.41. The number of aryl methyl sites for hydroxylation is 2. The second-order valence-corrected chi connectivity index (χ2v) is 4.99. The van der Waals surface area contributed by atoms with Gasteiger partial charge in [-0.15, -0.1) is 0 Å². The van der Waals surface area contributed by atoms with Gasteiger partial charge in [-0.25, -0.2) is 0 Å². The predicted octanol–water partition coefficient (Wildman–Crippen LogP) is 1.74. The molecule has 1 aromatic rings. The molecule has 1 fully saturated rings. The normalized spacial score (nSPS) is 22.3. The number of anilines is 2. The highest BCUT2D eigenvalue weighted by Gasteiger charge is 2.39. The number of rotatable bonds is 0. The monoisotopic (exact) mass is 206 g/mol. The van der Waals surface area contributed by atoms with Gasteiger partial charge >= 0.3 is 0 Å². The smallest absolute Gasteiger partial charge is 0.148 e. The Labute approximate surface area is 90.0 Å². The maximum Gasteiger partial charge on any atom is 0.148 e. The van der Waals surface area contributed by atoms with Gasteiger partial charge in [0.25, 0.3) is 0 Å². The number of hydrogen-bond donors (Lipinski definition) is 2. The van der Waals surface area contributed by atoms with E-state index in [9.17, 15) is 0 Å². The first kappa shape index (κ1) is 9.07. The Kier molecular flexibility index (Phi) is 1.75. The largest absolute Gasteiger partial charge is 0.380 e. The van der Waals surface area contributed by atoms with Crippen LogP contribution < -0.4 is 10.6 Å². The van der Waals surface area contributed by atoms with Gasteiger partial charge < -0.3 is 10.6 Å². The molecule has 1 spiro atoms. The second-order valence-electron chi connectivity index (χ2n) is 4.99. The number of fused-ring (bicyclic) bond motifs is 1. The quantitative estimate of drug-likeness (QED) is 0.679. The van der Waals surface area contributed by atoms with E-state index in [4.69, 9.17) is 0 Å². The Balaban J connectivity index is 1.92. The number of hydrogen-bond acceptors (Lipinski definition) is 3. The van der Waals surface area contributed by atoms with Gasteiger partial charge in [0.2, 0.25) is 0 Å². The van der Waals surface area contributed by atoms with Gasteiger partial charge in [0.15, 0.2) is 0 Å². The average Bonchev–Trinajstić information content (AvgIpc) is 2.37. The molecule has 1 saturated carbocycles. The molecule has 2 N–H and O–H groups in total. The molecular formula is C11H18N4. The predicted molar refractivity (Wildman–Crippen MR) is 61.2 cm³/mol. The lowest BCUT2D eigenvalue weighted by molar-refractivity contribution is 0.171. The minimum absolute atomic E-state index is 0.505. The van der Waals surface area contributed by atoms with Crippen LogP contribution >= 0.6 is 0 Å². The third kappa shape index (κ3) is 1.24. The van der Waals surface area contributed by atoms with Crippen molar-refractivity contribution in [3.8, 4) is 0 Å². The Morgan fingerprint density at radius 2 is 2.00 bits per heavy atom. The second kappa shape index (κ2) is 2.90. The molecule has 1 aliphatic carbocycles. The third-order valence-corrected chi connectivity index (χ3v) is 3.91. The summed E-state index contributed by atoms with van der Waals surface area (Å²) in [5.74, 6) is 1.15. The maximum absolute atomic E-state index is 4.42. The molecule has 0 radical (unpaired) electrons. The highest BCUT2D eigenvalue weighted by atomic mass is 15.3. The third-order valence-electron chi connectivity index (χ3n) is 3.91. The van der Waals surface area contributed by atoms with Gasteiger partial charge in [-0.2, -0.15) is 5.10 Å². The Morgan fingerprint density at radius 3 is 2.67 bits per heavy atom. The van der Waals surface area contributed by atoms with E-state index in [1.807, 2.05) is 11.7 Å². The molecule has 0 saturated heterocycles. The first-order valence-electron chi connectivity index (χ1n) is 5.72. The minimum atomic E-state index is 0.505. The van der Waals surface area contributed by atoms with Gasteiger partial charge in [-0.3, -0.25) is 4.68 Å². The molecule has 15 heavy (non-hydrogen) atoms. The van der Waals surface area contributed by atoms with Gasteiger partial charge in [-0.1, -0.05) is 6.42 Å². The van der Waals surface area contributed by atoms with E-state index in [2.05, 4.69) is 22.7 Å². The van der Waals surface area contributed by atoms with Crippen LogP contribution in [0.15, 0.2) is 0 Å². The zero-order valence-corrected chi connectivity index (χ0v) is 9.43. The fourth-order valence-electron chi connectivity index (χ4n) is 2.71. The van der Waals surface area contributed by atoms with Crippen LogP contribution in [-0.4, -0.2) is 22.9 Å². The van der Waals surface area contributed by atoms with Crippen molar-refractivity contribution in [2.45, 2.75) is 26.2 Å². The zero-order valence-electron chi connectivity index (χ0n) is 9.43. The van der Waals surface area contributed by atoms with Crippen LogP contribution in [0, 0.1) is 12.3 Å². The molecule has 0 bridgehead atoms. The Hall–Kier alpha value is -1.19. The summed E-state index contributed by atoms with van der Waals surface area (Å²) in [6.07, 6.45) is 4.10. The molecule has 1 aliphatic heterocycles. The van der Waals surface area contributed by atoms with Gasteiger partial charge in [-0.05, 0) is 19.8 Å². The average molecular weight is 206 g/mol. The van der Waals surface area contributed by atoms with Crippen LogP contribution in [0.4, 0.5) is 11.5 Å². The highest BCUT2D eigenvalue weighted by molar-refractivity contribution is 5.69. The standard InChI is InChI=1S/C11H18N4/c1-8-9-10(15(2)14-8)13-7-11(6-12-9)4-3-5-11/h12-13H,3-7H2,1-2H3. The summed E-state index contributed by atoms with van der Waals surface area (Å²) in [5.41, 5.74) is 2.79. The first-order valence-corrected chi connectivity index (χ1v) is 5.72. The van der Waals surface area contributed by atoms with Crippen molar-refractivity contribution in [2.75, 3.05) is 23.7 Å². The molecule has 82 valence electrons. The number of aromatic nitrogens is 2. The summed E-state index contributed by atoms with van der Waals surface area (Å²) in [6, 6.07) is 0. The fourth-order valence-corrected chi connectivity index (χ4v) is 2.71. The summed E-state index contributed by atoms with van der Waals surface area (Å²) in [7, 11) is 2.00. The van der Waals surface area contributed by atoms with Crippen LogP contribution in [0.1, 0.15) is 25.0 Å². The molecule has 2 heterocycles. The summed E-state index contributed by atoms with van der Waals surface area (Å²) in [4.78, 5) is 0. The lowest BCUT2D eigenvalue weighted by atomic mass is 9.69. The molecule has 1 aromatic heterocycles. The van der Waals surface area contributed by atoms with Gasteiger partial charge in [0.05, 0.1) is 5.69 Å². The summed E-state index contributed by atoms with van der Waals surface area (Å²) >= 11 is 0. The SMILES string of the molecule is Cc1nn(C)c2c1NCC1(CCC1)CN2. The molecule has 0 amide bonds. The van der Waals surface area contributed by atoms with Crippen LogP contribution in [0.25, 0.3) is 0 Å². The molecule has 4 nitrogen and oxygen atoms in total. The Morgan fingerprint density at radius 1 is 1.27 bits per heavy atom. The van der Waals surface area contributed by atoms with E-state index in [0.717, 1.165) is 24.6 Å². The van der Waals surface area contributed by atoms with E-state index >= 15 is 0 Å². The Bertz CT molecular complexity index is 359. The minimum Gasteiger partial charge on any atom is -0.380 e. The van der Waals surface area contributed by atoms with Crippen LogP contribution in [0.2, 0.25) is 0 Å². The number of nitrogens with one attached hydrogen (secondary N) is 2. The summed E-state index contributed by atoms with van der Waals surface area (Å²) < 4.78 is 1.94. The molecule has 0 atom stereocenters. The van der Waals surface area contributed by atoms with Crippen molar-refractivity contribution in [2.24, 2.45) is 12.5 Å². The molecule has 0 unspecified atom stereocenters. The molecule has 0 aromatic carbocycles. The van der Waals surface area contributed by atoms with Gasteiger partial charge in [0, 0.05) is 25.6 Å². The van der Waals surface area contributed by atoms with Crippen molar-refractivity contribution < 1.29 is 0 Å².